The largest absolute Gasteiger partial charge is 0.485 e. The summed E-state index contributed by atoms with van der Waals surface area (Å²) in [5.41, 5.74) is 4.03. The Morgan fingerprint density at radius 2 is 1.76 bits per heavy atom. The molecular weight excluding hydrogens is 538 g/mol. The van der Waals surface area contributed by atoms with Gasteiger partial charge in [-0.2, -0.15) is 0 Å². The number of nitrogens with one attached hydrogen (secondary N) is 2. The van der Waals surface area contributed by atoms with E-state index in [2.05, 4.69) is 36.0 Å². The van der Waals surface area contributed by atoms with Gasteiger partial charge in [0.1, 0.15) is 17.5 Å². The first-order valence-corrected chi connectivity index (χ1v) is 15.6. The Kier molecular flexibility index (Phi) is 7.89. The second kappa shape index (κ2) is 11.1. The van der Waals surface area contributed by atoms with Crippen LogP contribution in [0, 0.1) is 20.8 Å². The minimum absolute atomic E-state index is 0.0222. The number of aliphatic hydroxyl groups excluding tert-OH is 1. The van der Waals surface area contributed by atoms with E-state index >= 15 is 0 Å². The predicted molar refractivity (Wildman–Crippen MR) is 160 cm³/mol. The predicted octanol–water partition coefficient (Wildman–Crippen LogP) is 4.88. The Morgan fingerprint density at radius 1 is 1.05 bits per heavy atom. The highest BCUT2D eigenvalue weighted by molar-refractivity contribution is 7.89. The number of nitrogens with zero attached hydrogens (tertiary/aromatic N) is 1. The molecule has 8 nitrogen and oxygen atoms in total. The zero-order valence-electron chi connectivity index (χ0n) is 24.3. The van der Waals surface area contributed by atoms with Gasteiger partial charge < -0.3 is 20.1 Å². The van der Waals surface area contributed by atoms with Gasteiger partial charge in [0, 0.05) is 35.9 Å². The van der Waals surface area contributed by atoms with E-state index in [1.54, 1.807) is 44.2 Å². The van der Waals surface area contributed by atoms with Crippen LogP contribution in [0.5, 0.6) is 5.75 Å². The number of amides is 1. The lowest BCUT2D eigenvalue weighted by atomic mass is 9.86. The number of aryl methyl sites for hydroxylation is 3. The van der Waals surface area contributed by atoms with Gasteiger partial charge in [-0.3, -0.25) is 4.79 Å². The SMILES string of the molecule is Cc1cccc(S(=O)(=O)N[C@@H]2c3cc(C(=O)N4CCC[C@H]4CNc4c(C)cccc4C)ccc3OC(C)(C)[C@H]2O)c1. The zero-order valence-corrected chi connectivity index (χ0v) is 25.1. The number of sulfonamides is 1. The molecule has 41 heavy (non-hydrogen) atoms. The molecule has 3 N–H and O–H groups in total. The van der Waals surface area contributed by atoms with Crippen LogP contribution in [-0.2, 0) is 10.0 Å². The first kappa shape index (κ1) is 29.1. The summed E-state index contributed by atoms with van der Waals surface area (Å²) in [4.78, 5) is 15.8. The summed E-state index contributed by atoms with van der Waals surface area (Å²) in [6.45, 7) is 10.7. The third-order valence-electron chi connectivity index (χ3n) is 8.21. The van der Waals surface area contributed by atoms with Gasteiger partial charge in [-0.25, -0.2) is 13.1 Å². The fourth-order valence-electron chi connectivity index (χ4n) is 5.87. The Labute approximate surface area is 242 Å². The van der Waals surface area contributed by atoms with Crippen molar-refractivity contribution in [3.8, 4) is 5.75 Å². The molecule has 2 aliphatic heterocycles. The number of carbonyl (C=O) groups excluding carboxylic acids is 1. The molecule has 218 valence electrons. The molecule has 0 radical (unpaired) electrons. The maximum absolute atomic E-state index is 13.8. The fourth-order valence-corrected chi connectivity index (χ4v) is 7.20. The van der Waals surface area contributed by atoms with Gasteiger partial charge in [0.2, 0.25) is 10.0 Å². The van der Waals surface area contributed by atoms with Crippen LogP contribution >= 0.6 is 0 Å². The lowest BCUT2D eigenvalue weighted by Crippen LogP contribution is -2.53. The number of aliphatic hydroxyl groups is 1. The molecular formula is C32H39N3O5S. The molecule has 3 atom stereocenters. The standard InChI is InChI=1S/C32H39N3O5S/c1-20-9-6-13-25(17-20)41(38,39)34-29-26-18-23(14-15-27(26)40-32(4,5)30(29)36)31(37)35-16-8-12-24(35)19-33-28-21(2)10-7-11-22(28)3/h6-7,9-11,13-15,17-18,24,29-30,33-34,36H,8,12,16,19H2,1-5H3/t24-,29+,30-/m0/s1. The van der Waals surface area contributed by atoms with E-state index in [1.165, 1.54) is 6.07 Å². The highest BCUT2D eigenvalue weighted by atomic mass is 32.2. The molecule has 0 aliphatic carbocycles. The van der Waals surface area contributed by atoms with Crippen LogP contribution in [-0.4, -0.2) is 55.2 Å². The van der Waals surface area contributed by atoms with Crippen molar-refractivity contribution < 1.29 is 23.1 Å². The number of ether oxygens (including phenoxy) is 1. The quantitative estimate of drug-likeness (QED) is 0.370. The van der Waals surface area contributed by atoms with Gasteiger partial charge in [0.15, 0.2) is 0 Å². The summed E-state index contributed by atoms with van der Waals surface area (Å²) in [6.07, 6.45) is 0.606. The first-order valence-electron chi connectivity index (χ1n) is 14.1. The molecule has 0 bridgehead atoms. The van der Waals surface area contributed by atoms with Gasteiger partial charge in [-0.15, -0.1) is 0 Å². The third kappa shape index (κ3) is 5.84. The van der Waals surface area contributed by atoms with E-state index in [0.717, 1.165) is 35.2 Å². The number of anilines is 1. The van der Waals surface area contributed by atoms with Crippen LogP contribution in [0.15, 0.2) is 65.6 Å². The average molecular weight is 578 g/mol. The summed E-state index contributed by atoms with van der Waals surface area (Å²) >= 11 is 0. The minimum atomic E-state index is -3.98. The summed E-state index contributed by atoms with van der Waals surface area (Å²) < 4.78 is 35.5. The van der Waals surface area contributed by atoms with Crippen LogP contribution in [0.3, 0.4) is 0 Å². The van der Waals surface area contributed by atoms with Gasteiger partial charge in [-0.05, 0) is 94.5 Å². The molecule has 0 saturated carbocycles. The van der Waals surface area contributed by atoms with Crippen molar-refractivity contribution in [2.45, 2.75) is 76.1 Å². The van der Waals surface area contributed by atoms with Crippen molar-refractivity contribution in [3.05, 3.63) is 88.5 Å². The van der Waals surface area contributed by atoms with Crippen molar-refractivity contribution in [2.75, 3.05) is 18.4 Å². The van der Waals surface area contributed by atoms with E-state index in [0.29, 0.717) is 30.0 Å². The Morgan fingerprint density at radius 3 is 2.46 bits per heavy atom. The molecule has 3 aromatic rings. The first-order chi connectivity index (χ1) is 19.4. The van der Waals surface area contributed by atoms with Crippen LogP contribution in [0.25, 0.3) is 0 Å². The Bertz CT molecular complexity index is 1550. The molecule has 0 unspecified atom stereocenters. The monoisotopic (exact) mass is 577 g/mol. The number of benzene rings is 3. The molecule has 2 aliphatic rings. The summed E-state index contributed by atoms with van der Waals surface area (Å²) in [5.74, 6) is 0.307. The molecule has 2 heterocycles. The molecule has 1 saturated heterocycles. The number of hydrogen-bond acceptors (Lipinski definition) is 6. The van der Waals surface area contributed by atoms with Crippen LogP contribution < -0.4 is 14.8 Å². The molecule has 1 amide bonds. The average Bonchev–Trinajstić information content (AvgIpc) is 3.39. The van der Waals surface area contributed by atoms with E-state index in [1.807, 2.05) is 24.0 Å². The van der Waals surface area contributed by atoms with Gasteiger partial charge >= 0.3 is 0 Å². The number of carbonyl (C=O) groups is 1. The summed E-state index contributed by atoms with van der Waals surface area (Å²) in [6, 6.07) is 16.9. The van der Waals surface area contributed by atoms with Crippen LogP contribution in [0.1, 0.15) is 65.3 Å². The van der Waals surface area contributed by atoms with Crippen LogP contribution in [0.4, 0.5) is 5.69 Å². The smallest absolute Gasteiger partial charge is 0.254 e. The van der Waals surface area contributed by atoms with Gasteiger partial charge in [0.05, 0.1) is 10.9 Å². The molecule has 0 aromatic heterocycles. The summed E-state index contributed by atoms with van der Waals surface area (Å²) in [5, 5.41) is 14.8. The van der Waals surface area contributed by atoms with Crippen molar-refractivity contribution >= 4 is 21.6 Å². The Hall–Kier alpha value is -3.40. The van der Waals surface area contributed by atoms with Gasteiger partial charge in [0.25, 0.3) is 5.91 Å². The second-order valence-electron chi connectivity index (χ2n) is 11.8. The lowest BCUT2D eigenvalue weighted by Gasteiger charge is -2.42. The van der Waals surface area contributed by atoms with E-state index in [-0.39, 0.29) is 16.8 Å². The second-order valence-corrected chi connectivity index (χ2v) is 13.5. The number of likely N-dealkylation sites (tertiary alicyclic amines) is 1. The van der Waals surface area contributed by atoms with Crippen LogP contribution in [0.2, 0.25) is 0 Å². The van der Waals surface area contributed by atoms with E-state index in [4.69, 9.17) is 4.74 Å². The minimum Gasteiger partial charge on any atom is -0.485 e. The molecule has 1 fully saturated rings. The molecule has 0 spiro atoms. The number of fused-ring (bicyclic) bond motifs is 1. The molecule has 3 aromatic carbocycles. The lowest BCUT2D eigenvalue weighted by molar-refractivity contribution is -0.0603. The maximum atomic E-state index is 13.8. The number of para-hydroxylation sites is 1. The number of hydrogen-bond donors (Lipinski definition) is 3. The summed E-state index contributed by atoms with van der Waals surface area (Å²) in [7, 11) is -3.98. The zero-order chi connectivity index (χ0) is 29.5. The number of rotatable bonds is 7. The third-order valence-corrected chi connectivity index (χ3v) is 9.65. The maximum Gasteiger partial charge on any atom is 0.254 e. The van der Waals surface area contributed by atoms with Crippen molar-refractivity contribution in [3.63, 3.8) is 0 Å². The van der Waals surface area contributed by atoms with Gasteiger partial charge in [-0.1, -0.05) is 30.3 Å². The molecule has 5 rings (SSSR count). The normalized spacial score (nSPS) is 21.7. The fraction of sp³-hybridized carbons (Fsp3) is 0.406. The van der Waals surface area contributed by atoms with E-state index < -0.39 is 27.8 Å². The Balaban J connectivity index is 1.42. The highest BCUT2D eigenvalue weighted by Gasteiger charge is 2.45. The highest BCUT2D eigenvalue weighted by Crippen LogP contribution is 2.41. The van der Waals surface area contributed by atoms with Crippen molar-refractivity contribution in [1.29, 1.82) is 0 Å². The molecule has 9 heteroatoms. The topological polar surface area (TPSA) is 108 Å². The van der Waals surface area contributed by atoms with Crippen molar-refractivity contribution in [1.82, 2.24) is 9.62 Å². The van der Waals surface area contributed by atoms with E-state index in [9.17, 15) is 18.3 Å². The van der Waals surface area contributed by atoms with Crippen molar-refractivity contribution in [2.24, 2.45) is 0 Å².